The molecular formula is C14H16N2O3. The van der Waals surface area contributed by atoms with Crippen molar-refractivity contribution < 1.29 is 14.6 Å². The molecule has 1 aromatic heterocycles. The van der Waals surface area contributed by atoms with E-state index in [0.29, 0.717) is 5.56 Å². The molecule has 2 aromatic rings. The molecule has 0 spiro atoms. The van der Waals surface area contributed by atoms with E-state index in [1.807, 2.05) is 24.3 Å². The highest BCUT2D eigenvalue weighted by Gasteiger charge is 2.15. The zero-order chi connectivity index (χ0) is 13.7. The molecule has 5 heteroatoms. The van der Waals surface area contributed by atoms with Crippen molar-refractivity contribution in [2.75, 3.05) is 20.3 Å². The van der Waals surface area contributed by atoms with Crippen LogP contribution in [0.1, 0.15) is 10.4 Å². The van der Waals surface area contributed by atoms with Crippen molar-refractivity contribution in [3.8, 4) is 0 Å². The maximum absolute atomic E-state index is 12.2. The molecule has 2 rings (SSSR count). The van der Waals surface area contributed by atoms with E-state index in [1.165, 1.54) is 7.11 Å². The van der Waals surface area contributed by atoms with Crippen LogP contribution in [-0.4, -0.2) is 42.4 Å². The van der Waals surface area contributed by atoms with Crippen LogP contribution in [0.3, 0.4) is 0 Å². The van der Waals surface area contributed by atoms with Crippen LogP contribution in [0.15, 0.2) is 36.5 Å². The molecule has 1 aromatic carbocycles. The fraction of sp³-hybridized carbons (Fsp3) is 0.286. The molecule has 0 fully saturated rings. The molecule has 5 nitrogen and oxygen atoms in total. The largest absolute Gasteiger partial charge is 0.394 e. The molecule has 0 aliphatic carbocycles. The van der Waals surface area contributed by atoms with Crippen LogP contribution < -0.4 is 5.32 Å². The highest BCUT2D eigenvalue weighted by atomic mass is 16.5. The van der Waals surface area contributed by atoms with Crippen LogP contribution in [0.4, 0.5) is 0 Å². The van der Waals surface area contributed by atoms with E-state index in [2.05, 4.69) is 10.3 Å². The van der Waals surface area contributed by atoms with Gasteiger partial charge >= 0.3 is 0 Å². The van der Waals surface area contributed by atoms with Crippen molar-refractivity contribution in [2.45, 2.75) is 6.04 Å². The number of amides is 1. The van der Waals surface area contributed by atoms with Gasteiger partial charge in [-0.2, -0.15) is 0 Å². The van der Waals surface area contributed by atoms with E-state index in [1.54, 1.807) is 12.3 Å². The molecule has 0 radical (unpaired) electrons. The van der Waals surface area contributed by atoms with Crippen molar-refractivity contribution in [2.24, 2.45) is 0 Å². The Morgan fingerprint density at radius 3 is 2.95 bits per heavy atom. The standard InChI is InChI=1S/C14H16N2O3/c1-19-9-10(8-17)16-14(18)12-6-7-15-13-5-3-2-4-11(12)13/h2-7,10,17H,8-9H2,1H3,(H,16,18). The van der Waals surface area contributed by atoms with Gasteiger partial charge in [-0.3, -0.25) is 9.78 Å². The third kappa shape index (κ3) is 3.07. The summed E-state index contributed by atoms with van der Waals surface area (Å²) in [7, 11) is 1.52. The molecule has 0 aliphatic rings. The average Bonchev–Trinajstić information content (AvgIpc) is 2.46. The monoisotopic (exact) mass is 260 g/mol. The predicted octanol–water partition coefficient (Wildman–Crippen LogP) is 0.972. The highest BCUT2D eigenvalue weighted by molar-refractivity contribution is 6.06. The minimum absolute atomic E-state index is 0.164. The smallest absolute Gasteiger partial charge is 0.252 e. The summed E-state index contributed by atoms with van der Waals surface area (Å²) in [5, 5.41) is 12.7. The number of carbonyl (C=O) groups excluding carboxylic acids is 1. The molecule has 0 saturated carbocycles. The van der Waals surface area contributed by atoms with Crippen molar-refractivity contribution in [1.82, 2.24) is 10.3 Å². The molecule has 0 aliphatic heterocycles. The van der Waals surface area contributed by atoms with Crippen LogP contribution in [-0.2, 0) is 4.74 Å². The number of ether oxygens (including phenoxy) is 1. The number of fused-ring (bicyclic) bond motifs is 1. The van der Waals surface area contributed by atoms with Crippen molar-refractivity contribution in [3.63, 3.8) is 0 Å². The van der Waals surface area contributed by atoms with Crippen LogP contribution in [0.25, 0.3) is 10.9 Å². The topological polar surface area (TPSA) is 71.5 Å². The number of methoxy groups -OCH3 is 1. The second-order valence-electron chi connectivity index (χ2n) is 4.18. The summed E-state index contributed by atoms with van der Waals surface area (Å²) in [5.41, 5.74) is 1.31. The van der Waals surface area contributed by atoms with Crippen LogP contribution in [0.5, 0.6) is 0 Å². The number of carbonyl (C=O) groups is 1. The molecule has 100 valence electrons. The zero-order valence-corrected chi connectivity index (χ0v) is 10.7. The van der Waals surface area contributed by atoms with Gasteiger partial charge in [-0.05, 0) is 12.1 Å². The molecular weight excluding hydrogens is 244 g/mol. The Bertz CT molecular complexity index is 566. The normalized spacial score (nSPS) is 12.3. The van der Waals surface area contributed by atoms with Gasteiger partial charge in [-0.1, -0.05) is 18.2 Å². The Labute approximate surface area is 111 Å². The fourth-order valence-corrected chi connectivity index (χ4v) is 1.90. The molecule has 1 heterocycles. The SMILES string of the molecule is COCC(CO)NC(=O)c1ccnc2ccccc12. The molecule has 0 bridgehead atoms. The van der Waals surface area contributed by atoms with Gasteiger partial charge in [0.2, 0.25) is 0 Å². The Hall–Kier alpha value is -1.98. The Morgan fingerprint density at radius 1 is 1.42 bits per heavy atom. The minimum atomic E-state index is -0.413. The van der Waals surface area contributed by atoms with Gasteiger partial charge in [0.25, 0.3) is 5.91 Å². The lowest BCUT2D eigenvalue weighted by Crippen LogP contribution is -2.40. The zero-order valence-electron chi connectivity index (χ0n) is 10.7. The Morgan fingerprint density at radius 2 is 2.21 bits per heavy atom. The van der Waals surface area contributed by atoms with E-state index in [4.69, 9.17) is 9.84 Å². The first-order valence-corrected chi connectivity index (χ1v) is 6.00. The first-order valence-electron chi connectivity index (χ1n) is 6.00. The fourth-order valence-electron chi connectivity index (χ4n) is 1.90. The Balaban J connectivity index is 2.26. The summed E-state index contributed by atoms with van der Waals surface area (Å²) in [5.74, 6) is -0.241. The molecule has 1 atom stereocenters. The number of nitrogens with one attached hydrogen (secondary N) is 1. The maximum Gasteiger partial charge on any atom is 0.252 e. The third-order valence-corrected chi connectivity index (χ3v) is 2.82. The number of nitrogens with zero attached hydrogens (tertiary/aromatic N) is 1. The number of benzene rings is 1. The number of para-hydroxylation sites is 1. The summed E-state index contributed by atoms with van der Waals surface area (Å²) in [6.07, 6.45) is 1.60. The van der Waals surface area contributed by atoms with E-state index >= 15 is 0 Å². The number of aromatic nitrogens is 1. The lowest BCUT2D eigenvalue weighted by atomic mass is 10.1. The molecule has 1 amide bonds. The van der Waals surface area contributed by atoms with Crippen LogP contribution in [0, 0.1) is 0 Å². The summed E-state index contributed by atoms with van der Waals surface area (Å²) in [4.78, 5) is 16.4. The third-order valence-electron chi connectivity index (χ3n) is 2.82. The van der Waals surface area contributed by atoms with E-state index < -0.39 is 6.04 Å². The Kier molecular flexibility index (Phi) is 4.43. The number of pyridine rings is 1. The van der Waals surface area contributed by atoms with Gasteiger partial charge < -0.3 is 15.2 Å². The van der Waals surface area contributed by atoms with E-state index in [9.17, 15) is 4.79 Å². The van der Waals surface area contributed by atoms with Gasteiger partial charge in [-0.15, -0.1) is 0 Å². The first-order chi connectivity index (χ1) is 9.26. The van der Waals surface area contributed by atoms with E-state index in [-0.39, 0.29) is 19.1 Å². The summed E-state index contributed by atoms with van der Waals surface area (Å²) in [6.45, 7) is 0.105. The van der Waals surface area contributed by atoms with Crippen LogP contribution in [0.2, 0.25) is 0 Å². The van der Waals surface area contributed by atoms with Crippen molar-refractivity contribution >= 4 is 16.8 Å². The number of rotatable bonds is 5. The lowest BCUT2D eigenvalue weighted by molar-refractivity contribution is 0.0841. The van der Waals surface area contributed by atoms with E-state index in [0.717, 1.165) is 10.9 Å². The molecule has 0 saturated heterocycles. The van der Waals surface area contributed by atoms with Gasteiger partial charge in [0, 0.05) is 18.7 Å². The number of aliphatic hydroxyl groups is 1. The van der Waals surface area contributed by atoms with Crippen molar-refractivity contribution in [3.05, 3.63) is 42.1 Å². The van der Waals surface area contributed by atoms with Crippen LogP contribution >= 0.6 is 0 Å². The number of hydrogen-bond acceptors (Lipinski definition) is 4. The highest BCUT2D eigenvalue weighted by Crippen LogP contribution is 2.16. The predicted molar refractivity (Wildman–Crippen MR) is 72.0 cm³/mol. The number of aliphatic hydroxyl groups excluding tert-OH is 1. The average molecular weight is 260 g/mol. The summed E-state index contributed by atoms with van der Waals surface area (Å²) < 4.78 is 4.93. The summed E-state index contributed by atoms with van der Waals surface area (Å²) >= 11 is 0. The van der Waals surface area contributed by atoms with Gasteiger partial charge in [0.05, 0.1) is 30.3 Å². The van der Waals surface area contributed by atoms with Gasteiger partial charge in [0.15, 0.2) is 0 Å². The van der Waals surface area contributed by atoms with Gasteiger partial charge in [-0.25, -0.2) is 0 Å². The number of hydrogen-bond donors (Lipinski definition) is 2. The molecule has 2 N–H and O–H groups in total. The molecule has 19 heavy (non-hydrogen) atoms. The molecule has 1 unspecified atom stereocenters. The lowest BCUT2D eigenvalue weighted by Gasteiger charge is -2.15. The quantitative estimate of drug-likeness (QED) is 0.840. The second-order valence-corrected chi connectivity index (χ2v) is 4.18. The summed E-state index contributed by atoms with van der Waals surface area (Å²) in [6, 6.07) is 8.69. The van der Waals surface area contributed by atoms with Gasteiger partial charge in [0.1, 0.15) is 0 Å². The maximum atomic E-state index is 12.2. The van der Waals surface area contributed by atoms with Crippen molar-refractivity contribution in [1.29, 1.82) is 0 Å². The minimum Gasteiger partial charge on any atom is -0.394 e. The first kappa shape index (κ1) is 13.5. The second kappa shape index (κ2) is 6.26.